The molecule has 2 rings (SSSR count). The molecule has 0 unspecified atom stereocenters. The zero-order chi connectivity index (χ0) is 13.0. The van der Waals surface area contributed by atoms with E-state index in [0.717, 1.165) is 37.8 Å². The molecule has 1 saturated carbocycles. The van der Waals surface area contributed by atoms with Crippen LogP contribution in [0, 0.1) is 5.92 Å². The Morgan fingerprint density at radius 3 is 2.83 bits per heavy atom. The van der Waals surface area contributed by atoms with Crippen molar-refractivity contribution in [3.05, 3.63) is 24.5 Å². The van der Waals surface area contributed by atoms with Crippen LogP contribution in [0.3, 0.4) is 0 Å². The zero-order valence-electron chi connectivity index (χ0n) is 10.5. The van der Waals surface area contributed by atoms with Crippen molar-refractivity contribution >= 4 is 12.1 Å². The predicted molar refractivity (Wildman–Crippen MR) is 70.4 cm³/mol. The summed E-state index contributed by atoms with van der Waals surface area (Å²) in [6.07, 6.45) is 9.30. The minimum absolute atomic E-state index is 0.0755. The molecule has 18 heavy (non-hydrogen) atoms. The van der Waals surface area contributed by atoms with Gasteiger partial charge < -0.3 is 11.1 Å². The van der Waals surface area contributed by atoms with Gasteiger partial charge in [-0.25, -0.2) is 4.68 Å². The first-order valence-electron chi connectivity index (χ1n) is 6.37. The Morgan fingerprint density at radius 1 is 1.56 bits per heavy atom. The maximum absolute atomic E-state index is 11.1. The van der Waals surface area contributed by atoms with Gasteiger partial charge in [0.25, 0.3) is 0 Å². The summed E-state index contributed by atoms with van der Waals surface area (Å²) in [5.74, 6) is -0.0766. The van der Waals surface area contributed by atoms with Crippen LogP contribution < -0.4 is 11.1 Å². The van der Waals surface area contributed by atoms with E-state index in [-0.39, 0.29) is 11.8 Å². The number of hydrogen-bond donors (Lipinski definition) is 2. The predicted octanol–water partition coefficient (Wildman–Crippen LogP) is 1.12. The highest BCUT2D eigenvalue weighted by molar-refractivity contribution is 5.76. The van der Waals surface area contributed by atoms with E-state index in [2.05, 4.69) is 17.0 Å². The second-order valence-corrected chi connectivity index (χ2v) is 4.84. The van der Waals surface area contributed by atoms with Gasteiger partial charge in [0.1, 0.15) is 0 Å². The van der Waals surface area contributed by atoms with E-state index in [1.807, 2.05) is 12.4 Å². The lowest BCUT2D eigenvalue weighted by atomic mass is 9.85. The van der Waals surface area contributed by atoms with E-state index in [1.165, 1.54) is 0 Å². The highest BCUT2D eigenvalue weighted by Crippen LogP contribution is 2.24. The van der Waals surface area contributed by atoms with Crippen molar-refractivity contribution in [1.29, 1.82) is 0 Å². The molecule has 98 valence electrons. The zero-order valence-corrected chi connectivity index (χ0v) is 10.5. The Labute approximate surface area is 107 Å². The Morgan fingerprint density at radius 2 is 2.28 bits per heavy atom. The maximum atomic E-state index is 11.1. The van der Waals surface area contributed by atoms with Crippen LogP contribution in [0.1, 0.15) is 31.2 Å². The molecule has 5 nitrogen and oxygen atoms in total. The van der Waals surface area contributed by atoms with E-state index < -0.39 is 0 Å². The van der Waals surface area contributed by atoms with Crippen molar-refractivity contribution in [3.8, 4) is 0 Å². The Bertz CT molecular complexity index is 418. The van der Waals surface area contributed by atoms with Crippen molar-refractivity contribution in [2.75, 3.05) is 0 Å². The third kappa shape index (κ3) is 3.20. The number of aromatic nitrogens is 2. The van der Waals surface area contributed by atoms with Gasteiger partial charge >= 0.3 is 0 Å². The fourth-order valence-electron chi connectivity index (χ4n) is 2.41. The highest BCUT2D eigenvalue weighted by Gasteiger charge is 2.24. The average Bonchev–Trinajstić information content (AvgIpc) is 2.85. The van der Waals surface area contributed by atoms with Crippen molar-refractivity contribution < 1.29 is 4.79 Å². The first-order valence-corrected chi connectivity index (χ1v) is 6.37. The fraction of sp³-hybridized carbons (Fsp3) is 0.538. The second kappa shape index (κ2) is 5.82. The summed E-state index contributed by atoms with van der Waals surface area (Å²) in [4.78, 5) is 11.1. The lowest BCUT2D eigenvalue weighted by Crippen LogP contribution is -2.36. The topological polar surface area (TPSA) is 72.9 Å². The number of hydrogen-bond acceptors (Lipinski definition) is 3. The number of primary amides is 1. The quantitative estimate of drug-likeness (QED) is 0.820. The standard InChI is InChI=1S/C13H20N4O/c1-2-17-9-10(8-16-17)7-15-12-5-3-11(4-6-12)13(14)18/h2,8-9,11-12,15H,1,3-7H2,(H2,14,18). The van der Waals surface area contributed by atoms with E-state index in [9.17, 15) is 4.79 Å². The molecule has 1 aromatic rings. The molecule has 1 fully saturated rings. The first-order chi connectivity index (χ1) is 8.69. The monoisotopic (exact) mass is 248 g/mol. The smallest absolute Gasteiger partial charge is 0.220 e. The number of amides is 1. The van der Waals surface area contributed by atoms with Crippen LogP contribution in [-0.2, 0) is 11.3 Å². The number of carbonyl (C=O) groups excluding carboxylic acids is 1. The van der Waals surface area contributed by atoms with Crippen LogP contribution >= 0.6 is 0 Å². The van der Waals surface area contributed by atoms with Crippen molar-refractivity contribution in [1.82, 2.24) is 15.1 Å². The maximum Gasteiger partial charge on any atom is 0.220 e. The molecule has 0 aliphatic heterocycles. The molecule has 0 aromatic carbocycles. The summed E-state index contributed by atoms with van der Waals surface area (Å²) in [7, 11) is 0. The van der Waals surface area contributed by atoms with Crippen LogP contribution in [0.25, 0.3) is 6.20 Å². The van der Waals surface area contributed by atoms with E-state index >= 15 is 0 Å². The molecule has 1 aliphatic carbocycles. The number of carbonyl (C=O) groups is 1. The fourth-order valence-corrected chi connectivity index (χ4v) is 2.41. The van der Waals surface area contributed by atoms with Crippen molar-refractivity contribution in [2.24, 2.45) is 11.7 Å². The molecule has 1 aliphatic rings. The van der Waals surface area contributed by atoms with Gasteiger partial charge in [-0.05, 0) is 25.7 Å². The highest BCUT2D eigenvalue weighted by atomic mass is 16.1. The van der Waals surface area contributed by atoms with E-state index in [4.69, 9.17) is 5.73 Å². The second-order valence-electron chi connectivity index (χ2n) is 4.84. The van der Waals surface area contributed by atoms with Crippen molar-refractivity contribution in [3.63, 3.8) is 0 Å². The van der Waals surface area contributed by atoms with Crippen LogP contribution in [0.4, 0.5) is 0 Å². The Kier molecular flexibility index (Phi) is 4.15. The van der Waals surface area contributed by atoms with Gasteiger partial charge in [0.2, 0.25) is 5.91 Å². The molecule has 0 atom stereocenters. The molecule has 0 radical (unpaired) electrons. The van der Waals surface area contributed by atoms with Crippen LogP contribution in [-0.4, -0.2) is 21.7 Å². The lowest BCUT2D eigenvalue weighted by molar-refractivity contribution is -0.122. The molecule has 1 heterocycles. The summed E-state index contributed by atoms with van der Waals surface area (Å²) < 4.78 is 1.70. The summed E-state index contributed by atoms with van der Waals surface area (Å²) in [6, 6.07) is 0.479. The summed E-state index contributed by atoms with van der Waals surface area (Å²) >= 11 is 0. The number of nitrogens with zero attached hydrogens (tertiary/aromatic N) is 2. The van der Waals surface area contributed by atoms with Gasteiger partial charge in [-0.2, -0.15) is 5.10 Å². The van der Waals surface area contributed by atoms with E-state index in [0.29, 0.717) is 6.04 Å². The third-order valence-corrected chi connectivity index (χ3v) is 3.57. The number of nitrogens with one attached hydrogen (secondary N) is 1. The molecule has 1 aromatic heterocycles. The molecule has 5 heteroatoms. The van der Waals surface area contributed by atoms with Crippen LogP contribution in [0.15, 0.2) is 19.0 Å². The largest absolute Gasteiger partial charge is 0.369 e. The minimum atomic E-state index is -0.152. The van der Waals surface area contributed by atoms with Gasteiger partial charge in [0, 0.05) is 36.5 Å². The van der Waals surface area contributed by atoms with Gasteiger partial charge in [0.05, 0.1) is 6.20 Å². The SMILES string of the molecule is C=Cn1cc(CNC2CCC(C(N)=O)CC2)cn1. The third-order valence-electron chi connectivity index (χ3n) is 3.57. The van der Waals surface area contributed by atoms with Gasteiger partial charge in [-0.1, -0.05) is 6.58 Å². The Hall–Kier alpha value is -1.62. The Balaban J connectivity index is 1.75. The average molecular weight is 248 g/mol. The summed E-state index contributed by atoms with van der Waals surface area (Å²) in [5, 5.41) is 7.63. The van der Waals surface area contributed by atoms with Crippen LogP contribution in [0.5, 0.6) is 0 Å². The van der Waals surface area contributed by atoms with E-state index in [1.54, 1.807) is 10.9 Å². The molecule has 1 amide bonds. The molecular formula is C13H20N4O. The van der Waals surface area contributed by atoms with Crippen molar-refractivity contribution in [2.45, 2.75) is 38.3 Å². The summed E-state index contributed by atoms with van der Waals surface area (Å²) in [6.45, 7) is 4.46. The van der Waals surface area contributed by atoms with Gasteiger partial charge in [0.15, 0.2) is 0 Å². The molecule has 3 N–H and O–H groups in total. The molecule has 0 bridgehead atoms. The number of rotatable bonds is 5. The first kappa shape index (κ1) is 12.8. The molecule has 0 saturated heterocycles. The minimum Gasteiger partial charge on any atom is -0.369 e. The molecule has 0 spiro atoms. The van der Waals surface area contributed by atoms with Gasteiger partial charge in [-0.3, -0.25) is 4.79 Å². The van der Waals surface area contributed by atoms with Gasteiger partial charge in [-0.15, -0.1) is 0 Å². The number of nitrogens with two attached hydrogens (primary N) is 1. The normalized spacial score (nSPS) is 23.8. The lowest BCUT2D eigenvalue weighted by Gasteiger charge is -2.27. The van der Waals surface area contributed by atoms with Crippen LogP contribution in [0.2, 0.25) is 0 Å². The summed E-state index contributed by atoms with van der Waals surface area (Å²) in [5.41, 5.74) is 6.46. The molecular weight excluding hydrogens is 228 g/mol.